The van der Waals surface area contributed by atoms with Crippen molar-refractivity contribution in [2.45, 2.75) is 13.0 Å². The summed E-state index contributed by atoms with van der Waals surface area (Å²) in [6, 6.07) is 13.9. The molecular weight excluding hydrogens is 368 g/mol. The van der Waals surface area contributed by atoms with E-state index in [9.17, 15) is 0 Å². The molecule has 0 aromatic heterocycles. The highest BCUT2D eigenvalue weighted by Crippen LogP contribution is 2.34. The molecule has 0 aliphatic rings. The molecule has 0 spiro atoms. The van der Waals surface area contributed by atoms with Crippen LogP contribution in [-0.2, 0) is 0 Å². The van der Waals surface area contributed by atoms with Gasteiger partial charge in [0, 0.05) is 27.8 Å². The number of nitrogens with zero attached hydrogens (tertiary/aromatic N) is 1. The lowest BCUT2D eigenvalue weighted by molar-refractivity contribution is 0.739. The van der Waals surface area contributed by atoms with Crippen molar-refractivity contribution < 1.29 is 0 Å². The van der Waals surface area contributed by atoms with Gasteiger partial charge in [-0.2, -0.15) is 0 Å². The molecule has 110 valence electrons. The Labute approximate surface area is 144 Å². The summed E-state index contributed by atoms with van der Waals surface area (Å²) in [5.74, 6) is 0. The van der Waals surface area contributed by atoms with Gasteiger partial charge in [-0.15, -0.1) is 0 Å². The second-order valence-corrected chi connectivity index (χ2v) is 6.51. The summed E-state index contributed by atoms with van der Waals surface area (Å²) in [5, 5.41) is 0.753. The minimum Gasteiger partial charge on any atom is -0.389 e. The molecule has 2 aromatic rings. The van der Waals surface area contributed by atoms with Crippen molar-refractivity contribution in [3.63, 3.8) is 0 Å². The van der Waals surface area contributed by atoms with Crippen LogP contribution in [0.4, 0.5) is 5.69 Å². The summed E-state index contributed by atoms with van der Waals surface area (Å²) in [4.78, 5) is 2.50. The number of hydrogen-bond donors (Lipinski definition) is 1. The lowest BCUT2D eigenvalue weighted by Gasteiger charge is -2.30. The van der Waals surface area contributed by atoms with E-state index in [1.54, 1.807) is 0 Å². The molecule has 0 aliphatic heterocycles. The molecule has 2 N–H and O–H groups in total. The molecule has 21 heavy (non-hydrogen) atoms. The predicted molar refractivity (Wildman–Crippen MR) is 98.3 cm³/mol. The van der Waals surface area contributed by atoms with Crippen LogP contribution in [0.15, 0.2) is 46.9 Å². The van der Waals surface area contributed by atoms with Crippen LogP contribution >= 0.6 is 39.7 Å². The van der Waals surface area contributed by atoms with E-state index in [1.807, 2.05) is 49.5 Å². The van der Waals surface area contributed by atoms with Gasteiger partial charge in [-0.25, -0.2) is 0 Å². The van der Waals surface area contributed by atoms with E-state index in [0.29, 0.717) is 4.99 Å². The summed E-state index contributed by atoms with van der Waals surface area (Å²) in [7, 11) is 2.01. The normalized spacial score (nSPS) is 12.0. The Morgan fingerprint density at radius 2 is 1.90 bits per heavy atom. The molecular formula is C16H16BrClN2S. The van der Waals surface area contributed by atoms with E-state index >= 15 is 0 Å². The Balaban J connectivity index is 2.46. The van der Waals surface area contributed by atoms with Crippen LogP contribution in [0, 0.1) is 0 Å². The minimum atomic E-state index is 0.0982. The zero-order valence-corrected chi connectivity index (χ0v) is 15.0. The summed E-state index contributed by atoms with van der Waals surface area (Å²) >= 11 is 15.0. The van der Waals surface area contributed by atoms with Gasteiger partial charge < -0.3 is 10.6 Å². The average molecular weight is 384 g/mol. The molecule has 0 radical (unpaired) electrons. The van der Waals surface area contributed by atoms with Crippen LogP contribution in [0.2, 0.25) is 5.02 Å². The van der Waals surface area contributed by atoms with E-state index in [4.69, 9.17) is 29.6 Å². The number of hydrogen-bond acceptors (Lipinski definition) is 2. The summed E-state index contributed by atoms with van der Waals surface area (Å²) in [6.07, 6.45) is 0. The largest absolute Gasteiger partial charge is 0.389 e. The Bertz CT molecular complexity index is 675. The van der Waals surface area contributed by atoms with Gasteiger partial charge in [-0.05, 0) is 46.6 Å². The number of nitrogens with two attached hydrogens (primary N) is 1. The molecule has 0 bridgehead atoms. The van der Waals surface area contributed by atoms with E-state index in [0.717, 1.165) is 26.3 Å². The maximum absolute atomic E-state index is 6.30. The predicted octanol–water partition coefficient (Wildman–Crippen LogP) is 4.93. The van der Waals surface area contributed by atoms with Crippen molar-refractivity contribution in [2.24, 2.45) is 5.73 Å². The first-order valence-corrected chi connectivity index (χ1v) is 8.07. The fraction of sp³-hybridized carbons (Fsp3) is 0.188. The van der Waals surface area contributed by atoms with Gasteiger partial charge in [-0.3, -0.25) is 0 Å². The van der Waals surface area contributed by atoms with Crippen molar-refractivity contribution in [1.82, 2.24) is 0 Å². The van der Waals surface area contributed by atoms with Crippen molar-refractivity contribution >= 4 is 50.4 Å². The lowest BCUT2D eigenvalue weighted by Crippen LogP contribution is -2.25. The molecule has 0 saturated heterocycles. The van der Waals surface area contributed by atoms with Gasteiger partial charge in [0.25, 0.3) is 0 Å². The highest BCUT2D eigenvalue weighted by Gasteiger charge is 2.19. The molecule has 0 heterocycles. The van der Waals surface area contributed by atoms with E-state index in [2.05, 4.69) is 27.8 Å². The topological polar surface area (TPSA) is 29.3 Å². The zero-order chi connectivity index (χ0) is 15.6. The Hall–Kier alpha value is -1.10. The number of benzene rings is 2. The summed E-state index contributed by atoms with van der Waals surface area (Å²) in [6.45, 7) is 2.10. The fourth-order valence-corrected chi connectivity index (χ4v) is 3.49. The molecule has 2 rings (SSSR count). The molecule has 0 fully saturated rings. The number of thiocarbonyl (C=S) groups is 1. The molecule has 5 heteroatoms. The average Bonchev–Trinajstić information content (AvgIpc) is 2.45. The zero-order valence-electron chi connectivity index (χ0n) is 11.8. The van der Waals surface area contributed by atoms with E-state index in [-0.39, 0.29) is 6.04 Å². The van der Waals surface area contributed by atoms with Crippen LogP contribution in [-0.4, -0.2) is 12.0 Å². The standard InChI is InChI=1S/C16H16BrClN2S/c1-10(11-6-3-4-8-13(11)18)20(2)14-9-5-7-12(17)15(14)16(19)21/h3-10H,1-2H3,(H2,19,21). The van der Waals surface area contributed by atoms with Crippen LogP contribution < -0.4 is 10.6 Å². The van der Waals surface area contributed by atoms with Crippen molar-refractivity contribution in [3.8, 4) is 0 Å². The van der Waals surface area contributed by atoms with Crippen molar-refractivity contribution in [3.05, 3.63) is 63.1 Å². The number of anilines is 1. The monoisotopic (exact) mass is 382 g/mol. The molecule has 0 saturated carbocycles. The molecule has 0 aliphatic carbocycles. The molecule has 1 atom stereocenters. The first-order valence-electron chi connectivity index (χ1n) is 6.49. The molecule has 0 amide bonds. The van der Waals surface area contributed by atoms with Gasteiger partial charge in [-0.1, -0.05) is 48.1 Å². The van der Waals surface area contributed by atoms with Crippen molar-refractivity contribution in [2.75, 3.05) is 11.9 Å². The third-order valence-corrected chi connectivity index (χ3v) is 4.76. The van der Waals surface area contributed by atoms with Crippen LogP contribution in [0.25, 0.3) is 0 Å². The second kappa shape index (κ2) is 6.77. The second-order valence-electron chi connectivity index (χ2n) is 4.81. The summed E-state index contributed by atoms with van der Waals surface area (Å²) in [5.41, 5.74) is 8.75. The third kappa shape index (κ3) is 3.39. The fourth-order valence-electron chi connectivity index (χ4n) is 2.28. The third-order valence-electron chi connectivity index (χ3n) is 3.55. The quantitative estimate of drug-likeness (QED) is 0.759. The highest BCUT2D eigenvalue weighted by atomic mass is 79.9. The highest BCUT2D eigenvalue weighted by molar-refractivity contribution is 9.10. The maximum atomic E-state index is 6.30. The van der Waals surface area contributed by atoms with E-state index in [1.165, 1.54) is 0 Å². The molecule has 2 aromatic carbocycles. The smallest absolute Gasteiger partial charge is 0.107 e. The van der Waals surface area contributed by atoms with E-state index < -0.39 is 0 Å². The Morgan fingerprint density at radius 3 is 2.52 bits per heavy atom. The summed E-state index contributed by atoms with van der Waals surface area (Å²) < 4.78 is 0.894. The van der Waals surface area contributed by atoms with Gasteiger partial charge in [0.15, 0.2) is 0 Å². The lowest BCUT2D eigenvalue weighted by atomic mass is 10.0. The van der Waals surface area contributed by atoms with Crippen LogP contribution in [0.1, 0.15) is 24.1 Å². The number of rotatable bonds is 4. The van der Waals surface area contributed by atoms with Crippen LogP contribution in [0.3, 0.4) is 0 Å². The minimum absolute atomic E-state index is 0.0982. The van der Waals surface area contributed by atoms with Gasteiger partial charge in [0.1, 0.15) is 4.99 Å². The van der Waals surface area contributed by atoms with Gasteiger partial charge in [0.2, 0.25) is 0 Å². The van der Waals surface area contributed by atoms with Crippen molar-refractivity contribution in [1.29, 1.82) is 0 Å². The molecule has 1 unspecified atom stereocenters. The Morgan fingerprint density at radius 1 is 1.24 bits per heavy atom. The maximum Gasteiger partial charge on any atom is 0.107 e. The first-order chi connectivity index (χ1) is 9.93. The SMILES string of the molecule is CC(c1ccccc1Cl)N(C)c1cccc(Br)c1C(N)=S. The van der Waals surface area contributed by atoms with Gasteiger partial charge >= 0.3 is 0 Å². The first kappa shape index (κ1) is 16.3. The van der Waals surface area contributed by atoms with Gasteiger partial charge in [0.05, 0.1) is 6.04 Å². The van der Waals surface area contributed by atoms with Crippen LogP contribution in [0.5, 0.6) is 0 Å². The number of halogens is 2. The Kier molecular flexibility index (Phi) is 5.25. The molecule has 2 nitrogen and oxygen atoms in total.